The van der Waals surface area contributed by atoms with Crippen molar-refractivity contribution in [3.8, 4) is 0 Å². The molecule has 3 atom stereocenters. The van der Waals surface area contributed by atoms with Gasteiger partial charge in [0.2, 0.25) is 17.6 Å². The van der Waals surface area contributed by atoms with Gasteiger partial charge in [-0.15, -0.1) is 0 Å². The normalized spacial score (nSPS) is 27.3. The zero-order valence-corrected chi connectivity index (χ0v) is 25.7. The van der Waals surface area contributed by atoms with Crippen LogP contribution >= 0.6 is 0 Å². The van der Waals surface area contributed by atoms with Gasteiger partial charge in [-0.25, -0.2) is 4.98 Å². The van der Waals surface area contributed by atoms with E-state index in [1.807, 2.05) is 0 Å². The third-order valence-corrected chi connectivity index (χ3v) is 9.43. The molecule has 4 N–H and O–H groups in total. The Morgan fingerprint density at radius 2 is 1.77 bits per heavy atom. The summed E-state index contributed by atoms with van der Waals surface area (Å²) in [6, 6.07) is 1.71. The Kier molecular flexibility index (Phi) is 8.25. The molecule has 236 valence electrons. The van der Waals surface area contributed by atoms with Crippen LogP contribution in [0.1, 0.15) is 75.7 Å². The number of carbonyl (C=O) groups is 5. The van der Waals surface area contributed by atoms with Crippen LogP contribution in [-0.4, -0.2) is 62.2 Å². The van der Waals surface area contributed by atoms with Crippen LogP contribution in [0, 0.1) is 16.7 Å². The summed E-state index contributed by atoms with van der Waals surface area (Å²) in [4.78, 5) is 80.6. The van der Waals surface area contributed by atoms with Crippen LogP contribution in [0.3, 0.4) is 0 Å². The van der Waals surface area contributed by atoms with E-state index in [2.05, 4.69) is 40.1 Å². The van der Waals surface area contributed by atoms with Gasteiger partial charge in [0.25, 0.3) is 17.4 Å². The van der Waals surface area contributed by atoms with E-state index in [1.165, 1.54) is 60.2 Å². The Balaban J connectivity index is 1.27. The van der Waals surface area contributed by atoms with Crippen molar-refractivity contribution in [2.24, 2.45) is 23.8 Å². The van der Waals surface area contributed by atoms with Crippen molar-refractivity contribution in [2.45, 2.75) is 83.3 Å². The summed E-state index contributed by atoms with van der Waals surface area (Å²) in [6.45, 7) is 4.45. The number of Topliss-reactive ketones (excluding diaryl/α,β-unsaturated/α-hetero) is 1. The van der Waals surface area contributed by atoms with Crippen molar-refractivity contribution in [1.82, 2.24) is 30.1 Å². The summed E-state index contributed by atoms with van der Waals surface area (Å²) >= 11 is 0. The average molecular weight is 608 g/mol. The minimum atomic E-state index is -1.25. The Hall–Kier alpha value is -4.29. The van der Waals surface area contributed by atoms with Gasteiger partial charge >= 0.3 is 0 Å². The first-order valence-electron chi connectivity index (χ1n) is 15.1. The van der Waals surface area contributed by atoms with Crippen LogP contribution < -0.4 is 26.8 Å². The van der Waals surface area contributed by atoms with Gasteiger partial charge in [0.15, 0.2) is 0 Å². The molecule has 4 amide bonds. The fraction of sp³-hybridized carbons (Fsp3) is 0.581. The first-order chi connectivity index (χ1) is 20.7. The van der Waals surface area contributed by atoms with Crippen LogP contribution in [0.5, 0.6) is 0 Å². The Bertz CT molecular complexity index is 1540. The van der Waals surface area contributed by atoms with Gasteiger partial charge in [0, 0.05) is 32.3 Å². The summed E-state index contributed by atoms with van der Waals surface area (Å²) in [6.07, 6.45) is 10.2. The molecule has 4 aliphatic carbocycles. The molecule has 6 rings (SSSR count). The number of aromatic nitrogens is 3. The number of nitrogens with one attached hydrogen (secondary N) is 4. The monoisotopic (exact) mass is 607 g/mol. The van der Waals surface area contributed by atoms with E-state index in [1.54, 1.807) is 13.1 Å². The molecule has 0 aromatic carbocycles. The fourth-order valence-electron chi connectivity index (χ4n) is 8.66. The van der Waals surface area contributed by atoms with Crippen molar-refractivity contribution < 1.29 is 24.0 Å². The number of imidazole rings is 1. The van der Waals surface area contributed by atoms with Crippen molar-refractivity contribution >= 4 is 35.1 Å². The van der Waals surface area contributed by atoms with Crippen LogP contribution in [-0.2, 0) is 32.8 Å². The number of likely N-dealkylation sites (N-methyl/N-ethyl adjacent to an activating group) is 1. The molecule has 0 saturated heterocycles. The van der Waals surface area contributed by atoms with Gasteiger partial charge in [-0.1, -0.05) is 13.8 Å². The van der Waals surface area contributed by atoms with E-state index in [4.69, 9.17) is 0 Å². The summed E-state index contributed by atoms with van der Waals surface area (Å²) in [7, 11) is 2.93. The number of carbonyl (C=O) groups excluding carboxylic acids is 5. The molecule has 4 bridgehead atoms. The first kappa shape index (κ1) is 31.1. The Morgan fingerprint density at radius 3 is 2.39 bits per heavy atom. The lowest BCUT2D eigenvalue weighted by molar-refractivity contribution is -0.140. The standard InChI is InChI=1S/C31H41N7O6/c1-29-10-19-11-30(2,15-29)17-31(12-19,16-29)36-24(40)14-38-9-5-6-21(28(38)44)35-25(41)20(7-8-23(39)27(43)32-3)34-26(42)22-13-33-18-37(22)4/h5-6,9,13,18-20H,7-8,10-12,14-17H2,1-4H3,(H,32,43)(H,34,42)(H,35,41)(H,36,40)/t19?,20-,29?,30?,31?/m0/s1. The molecule has 13 heteroatoms. The zero-order valence-electron chi connectivity index (χ0n) is 25.7. The zero-order chi connectivity index (χ0) is 31.9. The highest BCUT2D eigenvalue weighted by atomic mass is 16.2. The van der Waals surface area contributed by atoms with E-state index in [9.17, 15) is 28.8 Å². The predicted molar refractivity (Wildman–Crippen MR) is 160 cm³/mol. The molecule has 13 nitrogen and oxygen atoms in total. The van der Waals surface area contributed by atoms with Gasteiger partial charge in [-0.05, 0) is 73.8 Å². The SMILES string of the molecule is CNC(=O)C(=O)CC[C@H](NC(=O)c1cncn1C)C(=O)Nc1cccn(CC(=O)NC23CC4CC(C)(CC(C)(C4)C2)C3)c1=O. The minimum Gasteiger partial charge on any atom is -0.353 e. The molecule has 2 heterocycles. The van der Waals surface area contributed by atoms with Crippen LogP contribution in [0.25, 0.3) is 0 Å². The van der Waals surface area contributed by atoms with Crippen LogP contribution in [0.15, 0.2) is 35.6 Å². The molecule has 0 radical (unpaired) electrons. The number of rotatable bonds is 11. The number of aryl methyl sites for hydroxylation is 1. The van der Waals surface area contributed by atoms with Crippen molar-refractivity contribution in [3.63, 3.8) is 0 Å². The highest BCUT2D eigenvalue weighted by molar-refractivity contribution is 6.36. The number of hydrogen-bond acceptors (Lipinski definition) is 7. The predicted octanol–water partition coefficient (Wildman–Crippen LogP) is 1.28. The topological polar surface area (TPSA) is 173 Å². The molecule has 0 spiro atoms. The molecule has 2 unspecified atom stereocenters. The number of ketones is 1. The molecule has 4 fully saturated rings. The van der Waals surface area contributed by atoms with Gasteiger partial charge in [-0.2, -0.15) is 0 Å². The average Bonchev–Trinajstić information content (AvgIpc) is 3.35. The quantitative estimate of drug-likeness (QED) is 0.279. The maximum Gasteiger partial charge on any atom is 0.287 e. The fourth-order valence-corrected chi connectivity index (χ4v) is 8.66. The third kappa shape index (κ3) is 6.46. The third-order valence-electron chi connectivity index (χ3n) is 9.43. The second kappa shape index (κ2) is 11.7. The second-order valence-corrected chi connectivity index (χ2v) is 13.8. The lowest BCUT2D eigenvalue weighted by atomic mass is 9.43. The van der Waals surface area contributed by atoms with Crippen LogP contribution in [0.4, 0.5) is 5.69 Å². The molecular weight excluding hydrogens is 566 g/mol. The summed E-state index contributed by atoms with van der Waals surface area (Å²) in [5.74, 6) is -2.59. The van der Waals surface area contributed by atoms with E-state index in [0.717, 1.165) is 19.3 Å². The second-order valence-electron chi connectivity index (χ2n) is 13.8. The van der Waals surface area contributed by atoms with Gasteiger partial charge in [-0.3, -0.25) is 28.8 Å². The summed E-state index contributed by atoms with van der Waals surface area (Å²) in [5.41, 5.74) is -0.320. The number of nitrogens with zero attached hydrogens (tertiary/aromatic N) is 3. The highest BCUT2D eigenvalue weighted by Gasteiger charge is 2.60. The Labute approximate surface area is 255 Å². The first-order valence-corrected chi connectivity index (χ1v) is 15.1. The number of pyridine rings is 1. The van der Waals surface area contributed by atoms with E-state index in [0.29, 0.717) is 5.92 Å². The van der Waals surface area contributed by atoms with E-state index >= 15 is 0 Å². The van der Waals surface area contributed by atoms with Gasteiger partial charge in [0.1, 0.15) is 24.0 Å². The lowest BCUT2D eigenvalue weighted by Crippen LogP contribution is -2.65. The van der Waals surface area contributed by atoms with E-state index < -0.39 is 35.1 Å². The molecule has 0 aliphatic heterocycles. The lowest BCUT2D eigenvalue weighted by Gasteiger charge is -2.65. The summed E-state index contributed by atoms with van der Waals surface area (Å²) in [5, 5.41) is 10.7. The molecule has 2 aromatic heterocycles. The molecule has 4 aliphatic rings. The Morgan fingerprint density at radius 1 is 1.07 bits per heavy atom. The van der Waals surface area contributed by atoms with Gasteiger partial charge in [0.05, 0.1) is 12.5 Å². The minimum absolute atomic E-state index is 0.0856. The van der Waals surface area contributed by atoms with Crippen molar-refractivity contribution in [1.29, 1.82) is 0 Å². The van der Waals surface area contributed by atoms with Crippen molar-refractivity contribution in [2.75, 3.05) is 12.4 Å². The largest absolute Gasteiger partial charge is 0.353 e. The van der Waals surface area contributed by atoms with Crippen LogP contribution in [0.2, 0.25) is 0 Å². The highest BCUT2D eigenvalue weighted by Crippen LogP contribution is 2.66. The molecule has 44 heavy (non-hydrogen) atoms. The molecular formula is C31H41N7O6. The number of amides is 4. The van der Waals surface area contributed by atoms with Gasteiger partial charge < -0.3 is 30.4 Å². The molecule has 2 aromatic rings. The smallest absolute Gasteiger partial charge is 0.287 e. The van der Waals surface area contributed by atoms with Crippen molar-refractivity contribution in [3.05, 3.63) is 46.9 Å². The van der Waals surface area contributed by atoms with E-state index in [-0.39, 0.29) is 53.0 Å². The maximum absolute atomic E-state index is 13.3. The molecule has 4 saturated carbocycles. The number of hydrogen-bond donors (Lipinski definition) is 4. The summed E-state index contributed by atoms with van der Waals surface area (Å²) < 4.78 is 2.71. The number of anilines is 1. The maximum atomic E-state index is 13.3.